The minimum absolute atomic E-state index is 0.191. The number of anilines is 1. The first-order valence-electron chi connectivity index (χ1n) is 5.53. The highest BCUT2D eigenvalue weighted by molar-refractivity contribution is 14.1. The van der Waals surface area contributed by atoms with Gasteiger partial charge in [-0.2, -0.15) is 0 Å². The normalized spacial score (nSPS) is 9.95. The van der Waals surface area contributed by atoms with Gasteiger partial charge in [-0.25, -0.2) is 0 Å². The van der Waals surface area contributed by atoms with Gasteiger partial charge in [-0.1, -0.05) is 0 Å². The van der Waals surface area contributed by atoms with Crippen LogP contribution in [0.5, 0.6) is 0 Å². The largest absolute Gasteiger partial charge is 0.366 e. The molecule has 0 saturated carbocycles. The van der Waals surface area contributed by atoms with Crippen LogP contribution >= 0.6 is 22.6 Å². The van der Waals surface area contributed by atoms with Crippen molar-refractivity contribution < 1.29 is 9.59 Å². The van der Waals surface area contributed by atoms with Crippen molar-refractivity contribution in [3.05, 3.63) is 63.2 Å². The molecule has 5 heteroatoms. The van der Waals surface area contributed by atoms with Gasteiger partial charge in [-0.15, -0.1) is 0 Å². The lowest BCUT2D eigenvalue weighted by atomic mass is 10.2. The highest BCUT2D eigenvalue weighted by atomic mass is 127. The number of rotatable bonds is 3. The predicted molar refractivity (Wildman–Crippen MR) is 82.1 cm³/mol. The number of halogens is 1. The van der Waals surface area contributed by atoms with E-state index in [2.05, 4.69) is 27.9 Å². The van der Waals surface area contributed by atoms with Gasteiger partial charge >= 0.3 is 0 Å². The summed E-state index contributed by atoms with van der Waals surface area (Å²) in [6, 6.07) is 13.7. The smallest absolute Gasteiger partial charge is 0.255 e. The Morgan fingerprint density at radius 3 is 1.95 bits per heavy atom. The summed E-state index contributed by atoms with van der Waals surface area (Å²) in [5.41, 5.74) is 6.75. The third-order valence-electron chi connectivity index (χ3n) is 2.53. The maximum Gasteiger partial charge on any atom is 0.255 e. The van der Waals surface area contributed by atoms with E-state index in [-0.39, 0.29) is 5.91 Å². The average molecular weight is 366 g/mol. The zero-order valence-electron chi connectivity index (χ0n) is 9.89. The maximum absolute atomic E-state index is 11.9. The minimum Gasteiger partial charge on any atom is -0.366 e. The summed E-state index contributed by atoms with van der Waals surface area (Å²) in [5.74, 6) is -0.682. The third kappa shape index (κ3) is 3.54. The molecule has 0 saturated heterocycles. The summed E-state index contributed by atoms with van der Waals surface area (Å²) in [6.45, 7) is 0. The van der Waals surface area contributed by atoms with Gasteiger partial charge in [-0.05, 0) is 71.1 Å². The summed E-state index contributed by atoms with van der Waals surface area (Å²) in [6.07, 6.45) is 0. The first-order valence-corrected chi connectivity index (χ1v) is 6.61. The molecule has 0 bridgehead atoms. The number of nitrogens with one attached hydrogen (secondary N) is 1. The topological polar surface area (TPSA) is 72.2 Å². The molecule has 3 N–H and O–H groups in total. The summed E-state index contributed by atoms with van der Waals surface area (Å²) < 4.78 is 1.07. The average Bonchev–Trinajstić information content (AvgIpc) is 2.40. The molecule has 96 valence electrons. The van der Waals surface area contributed by atoms with Crippen molar-refractivity contribution in [1.29, 1.82) is 0 Å². The SMILES string of the molecule is NC(=O)c1ccc(NC(=O)c2ccc(I)cc2)cc1. The second-order valence-corrected chi connectivity index (χ2v) is 5.15. The third-order valence-corrected chi connectivity index (χ3v) is 3.25. The molecule has 0 spiro atoms. The molecule has 2 aromatic rings. The van der Waals surface area contributed by atoms with Crippen LogP contribution in [-0.4, -0.2) is 11.8 Å². The fourth-order valence-electron chi connectivity index (χ4n) is 1.52. The van der Waals surface area contributed by atoms with Crippen molar-refractivity contribution >= 4 is 40.1 Å². The van der Waals surface area contributed by atoms with Gasteiger partial charge in [0.1, 0.15) is 0 Å². The Labute approximate surface area is 124 Å². The van der Waals surface area contributed by atoms with Crippen LogP contribution in [0.1, 0.15) is 20.7 Å². The number of carbonyl (C=O) groups excluding carboxylic acids is 2. The van der Waals surface area contributed by atoms with E-state index in [1.807, 2.05) is 12.1 Å². The molecule has 2 amide bonds. The Hall–Kier alpha value is -1.89. The predicted octanol–water partition coefficient (Wildman–Crippen LogP) is 2.64. The van der Waals surface area contributed by atoms with E-state index in [1.165, 1.54) is 0 Å². The van der Waals surface area contributed by atoms with Crippen molar-refractivity contribution in [1.82, 2.24) is 0 Å². The molecule has 0 aliphatic rings. The molecule has 19 heavy (non-hydrogen) atoms. The van der Waals surface area contributed by atoms with Crippen molar-refractivity contribution in [2.24, 2.45) is 5.73 Å². The first kappa shape index (κ1) is 13.5. The Morgan fingerprint density at radius 1 is 0.895 bits per heavy atom. The van der Waals surface area contributed by atoms with Crippen LogP contribution in [0.15, 0.2) is 48.5 Å². The molecule has 0 unspecified atom stereocenters. The van der Waals surface area contributed by atoms with Gasteiger partial charge in [0.05, 0.1) is 0 Å². The highest BCUT2D eigenvalue weighted by Crippen LogP contribution is 2.12. The number of amides is 2. The fraction of sp³-hybridized carbons (Fsp3) is 0. The standard InChI is InChI=1S/C14H11IN2O2/c15-11-5-1-10(2-6-11)14(19)17-12-7-3-9(4-8-12)13(16)18/h1-8H,(H2,16,18)(H,17,19). The van der Waals surface area contributed by atoms with Crippen molar-refractivity contribution in [2.45, 2.75) is 0 Å². The van der Waals surface area contributed by atoms with E-state index < -0.39 is 5.91 Å². The Kier molecular flexibility index (Phi) is 4.16. The highest BCUT2D eigenvalue weighted by Gasteiger charge is 2.06. The van der Waals surface area contributed by atoms with Crippen molar-refractivity contribution in [3.63, 3.8) is 0 Å². The second kappa shape index (κ2) is 5.83. The number of nitrogens with two attached hydrogens (primary N) is 1. The van der Waals surface area contributed by atoms with Crippen LogP contribution in [-0.2, 0) is 0 Å². The van der Waals surface area contributed by atoms with Crippen LogP contribution in [0.25, 0.3) is 0 Å². The van der Waals surface area contributed by atoms with Gasteiger partial charge in [0.2, 0.25) is 5.91 Å². The van der Waals surface area contributed by atoms with E-state index in [9.17, 15) is 9.59 Å². The Bertz CT molecular complexity index is 606. The van der Waals surface area contributed by atoms with Crippen LogP contribution in [0.3, 0.4) is 0 Å². The molecule has 0 aliphatic carbocycles. The summed E-state index contributed by atoms with van der Waals surface area (Å²) >= 11 is 2.18. The molecule has 0 radical (unpaired) electrons. The van der Waals surface area contributed by atoms with Crippen LogP contribution in [0.4, 0.5) is 5.69 Å². The molecule has 2 aromatic carbocycles. The lowest BCUT2D eigenvalue weighted by Crippen LogP contribution is -2.13. The van der Waals surface area contributed by atoms with Gasteiger partial charge in [0, 0.05) is 20.4 Å². The summed E-state index contributed by atoms with van der Waals surface area (Å²) in [4.78, 5) is 22.9. The lowest BCUT2D eigenvalue weighted by Gasteiger charge is -2.05. The molecular formula is C14H11IN2O2. The lowest BCUT2D eigenvalue weighted by molar-refractivity contribution is 0.0998. The molecular weight excluding hydrogens is 355 g/mol. The van der Waals surface area contributed by atoms with Gasteiger partial charge in [0.25, 0.3) is 5.91 Å². The van der Waals surface area contributed by atoms with Crippen LogP contribution < -0.4 is 11.1 Å². The summed E-state index contributed by atoms with van der Waals surface area (Å²) in [7, 11) is 0. The minimum atomic E-state index is -0.490. The quantitative estimate of drug-likeness (QED) is 0.820. The first-order chi connectivity index (χ1) is 9.06. The van der Waals surface area contributed by atoms with Gasteiger partial charge in [0.15, 0.2) is 0 Å². The molecule has 0 fully saturated rings. The number of hydrogen-bond donors (Lipinski definition) is 2. The molecule has 2 rings (SSSR count). The zero-order valence-corrected chi connectivity index (χ0v) is 12.0. The van der Waals surface area contributed by atoms with Gasteiger partial charge in [-0.3, -0.25) is 9.59 Å². The number of hydrogen-bond acceptors (Lipinski definition) is 2. The van der Waals surface area contributed by atoms with E-state index in [0.29, 0.717) is 16.8 Å². The zero-order chi connectivity index (χ0) is 13.8. The van der Waals surface area contributed by atoms with Crippen LogP contribution in [0, 0.1) is 3.57 Å². The summed E-state index contributed by atoms with van der Waals surface area (Å²) in [5, 5.41) is 2.75. The monoisotopic (exact) mass is 366 g/mol. The molecule has 0 heterocycles. The number of primary amides is 1. The molecule has 0 aromatic heterocycles. The molecule has 4 nitrogen and oxygen atoms in total. The van der Waals surface area contributed by atoms with Gasteiger partial charge < -0.3 is 11.1 Å². The van der Waals surface area contributed by atoms with Crippen molar-refractivity contribution in [2.75, 3.05) is 5.32 Å². The van der Waals surface area contributed by atoms with E-state index in [0.717, 1.165) is 3.57 Å². The van der Waals surface area contributed by atoms with E-state index >= 15 is 0 Å². The molecule has 0 aliphatic heterocycles. The number of benzene rings is 2. The van der Waals surface area contributed by atoms with E-state index in [1.54, 1.807) is 36.4 Å². The molecule has 0 atom stereocenters. The van der Waals surface area contributed by atoms with Crippen LogP contribution in [0.2, 0.25) is 0 Å². The Balaban J connectivity index is 2.10. The van der Waals surface area contributed by atoms with Crippen molar-refractivity contribution in [3.8, 4) is 0 Å². The fourth-order valence-corrected chi connectivity index (χ4v) is 1.88. The maximum atomic E-state index is 11.9. The second-order valence-electron chi connectivity index (χ2n) is 3.90. The van der Waals surface area contributed by atoms with E-state index in [4.69, 9.17) is 5.73 Å². The Morgan fingerprint density at radius 2 is 1.42 bits per heavy atom. The number of carbonyl (C=O) groups is 2.